The fourth-order valence-corrected chi connectivity index (χ4v) is 5.25. The van der Waals surface area contributed by atoms with Gasteiger partial charge in [-0.25, -0.2) is 4.98 Å². The molecule has 5 rings (SSSR count). The van der Waals surface area contributed by atoms with E-state index in [-0.39, 0.29) is 5.56 Å². The second kappa shape index (κ2) is 9.65. The number of H-pyrrole nitrogens is 1. The minimum atomic E-state index is -0.123. The molecule has 3 heterocycles. The molecule has 0 spiro atoms. The first kappa shape index (κ1) is 22.1. The Morgan fingerprint density at radius 1 is 1.15 bits per heavy atom. The van der Waals surface area contributed by atoms with Gasteiger partial charge in [-0.05, 0) is 105 Å². The van der Waals surface area contributed by atoms with Crippen LogP contribution in [-0.2, 0) is 11.2 Å². The highest BCUT2D eigenvalue weighted by molar-refractivity contribution is 5.92. The number of benzene rings is 1. The van der Waals surface area contributed by atoms with Crippen LogP contribution in [0, 0.1) is 6.92 Å². The molecule has 1 aliphatic carbocycles. The van der Waals surface area contributed by atoms with E-state index in [4.69, 9.17) is 9.72 Å². The maximum Gasteiger partial charge on any atom is 0.259 e. The number of pyridine rings is 2. The molecule has 1 aromatic carbocycles. The van der Waals surface area contributed by atoms with Crippen LogP contribution in [0.25, 0.3) is 10.8 Å². The molecule has 174 valence electrons. The average molecular weight is 447 g/mol. The van der Waals surface area contributed by atoms with Crippen molar-refractivity contribution in [3.05, 3.63) is 63.7 Å². The summed E-state index contributed by atoms with van der Waals surface area (Å²) < 4.78 is 5.19. The number of hydrogen-bond donors (Lipinski definition) is 2. The van der Waals surface area contributed by atoms with Crippen molar-refractivity contribution >= 4 is 22.3 Å². The number of likely N-dealkylation sites (tertiary alicyclic amines) is 1. The summed E-state index contributed by atoms with van der Waals surface area (Å²) in [6.07, 6.45) is 8.67. The van der Waals surface area contributed by atoms with E-state index in [0.29, 0.717) is 23.7 Å². The van der Waals surface area contributed by atoms with Crippen LogP contribution < -0.4 is 10.9 Å². The second-order valence-corrected chi connectivity index (χ2v) is 9.57. The lowest BCUT2D eigenvalue weighted by atomic mass is 9.86. The first-order valence-corrected chi connectivity index (χ1v) is 12.2. The summed E-state index contributed by atoms with van der Waals surface area (Å²) in [6.45, 7) is 5.35. The van der Waals surface area contributed by atoms with Crippen LogP contribution in [0.2, 0.25) is 0 Å². The number of aromatic nitrogens is 2. The van der Waals surface area contributed by atoms with Gasteiger partial charge >= 0.3 is 0 Å². The third kappa shape index (κ3) is 4.97. The molecule has 1 saturated carbocycles. The highest BCUT2D eigenvalue weighted by Crippen LogP contribution is 2.36. The summed E-state index contributed by atoms with van der Waals surface area (Å²) in [5.74, 6) is 1.26. The number of ether oxygens (including phenoxy) is 1. The highest BCUT2D eigenvalue weighted by atomic mass is 16.5. The number of nitrogens with one attached hydrogen (secondary N) is 2. The highest BCUT2D eigenvalue weighted by Gasteiger charge is 2.32. The van der Waals surface area contributed by atoms with Crippen LogP contribution in [-0.4, -0.2) is 47.7 Å². The van der Waals surface area contributed by atoms with Crippen LogP contribution in [0.3, 0.4) is 0 Å². The van der Waals surface area contributed by atoms with E-state index in [0.717, 1.165) is 35.7 Å². The molecule has 0 unspecified atom stereocenters. The predicted molar refractivity (Wildman–Crippen MR) is 134 cm³/mol. The van der Waals surface area contributed by atoms with Crippen molar-refractivity contribution < 1.29 is 4.74 Å². The molecule has 1 aliphatic heterocycles. The molecule has 2 aliphatic rings. The Balaban J connectivity index is 1.37. The smallest absolute Gasteiger partial charge is 0.259 e. The van der Waals surface area contributed by atoms with Gasteiger partial charge in [0.15, 0.2) is 0 Å². The molecule has 1 saturated heterocycles. The van der Waals surface area contributed by atoms with Gasteiger partial charge in [-0.2, -0.15) is 0 Å². The molecule has 6 heteroatoms. The SMILES string of the molecule is COCCCc1cc2cc[nH]c(=O)c2c(Nc2ccc(C3CCN(C4CC4)CC3)c(C)c2)n1. The van der Waals surface area contributed by atoms with E-state index >= 15 is 0 Å². The summed E-state index contributed by atoms with van der Waals surface area (Å²) in [4.78, 5) is 22.9. The van der Waals surface area contributed by atoms with Crippen molar-refractivity contribution in [3.8, 4) is 0 Å². The zero-order valence-corrected chi connectivity index (χ0v) is 19.7. The van der Waals surface area contributed by atoms with E-state index in [9.17, 15) is 4.79 Å². The van der Waals surface area contributed by atoms with Crippen molar-refractivity contribution in [3.63, 3.8) is 0 Å². The number of aryl methyl sites for hydroxylation is 2. The lowest BCUT2D eigenvalue weighted by molar-refractivity contribution is 0.195. The van der Waals surface area contributed by atoms with E-state index in [1.807, 2.05) is 12.1 Å². The van der Waals surface area contributed by atoms with Gasteiger partial charge in [0.25, 0.3) is 5.56 Å². The lowest BCUT2D eigenvalue weighted by Gasteiger charge is -2.33. The average Bonchev–Trinajstić information content (AvgIpc) is 3.65. The molecule has 2 aromatic heterocycles. The third-order valence-electron chi connectivity index (χ3n) is 7.15. The zero-order chi connectivity index (χ0) is 22.8. The first-order chi connectivity index (χ1) is 16.1. The molecule has 2 fully saturated rings. The van der Waals surface area contributed by atoms with Gasteiger partial charge in [0, 0.05) is 37.3 Å². The van der Waals surface area contributed by atoms with Gasteiger partial charge in [-0.1, -0.05) is 6.07 Å². The molecule has 0 amide bonds. The third-order valence-corrected chi connectivity index (χ3v) is 7.15. The summed E-state index contributed by atoms with van der Waals surface area (Å²) in [5.41, 5.74) is 4.57. The van der Waals surface area contributed by atoms with Crippen LogP contribution in [0.1, 0.15) is 54.8 Å². The number of nitrogens with zero attached hydrogens (tertiary/aromatic N) is 2. The molecular weight excluding hydrogens is 412 g/mol. The second-order valence-electron chi connectivity index (χ2n) is 9.57. The minimum absolute atomic E-state index is 0.123. The summed E-state index contributed by atoms with van der Waals surface area (Å²) in [7, 11) is 1.71. The van der Waals surface area contributed by atoms with Crippen molar-refractivity contribution in [1.82, 2.24) is 14.9 Å². The van der Waals surface area contributed by atoms with E-state index in [1.165, 1.54) is 49.9 Å². The molecule has 6 nitrogen and oxygen atoms in total. The van der Waals surface area contributed by atoms with Crippen LogP contribution in [0.5, 0.6) is 0 Å². The Morgan fingerprint density at radius 3 is 2.70 bits per heavy atom. The summed E-state index contributed by atoms with van der Waals surface area (Å²) >= 11 is 0. The summed E-state index contributed by atoms with van der Waals surface area (Å²) in [5, 5.41) is 4.95. The Morgan fingerprint density at radius 2 is 1.97 bits per heavy atom. The quantitative estimate of drug-likeness (QED) is 0.482. The van der Waals surface area contributed by atoms with Gasteiger partial charge in [0.05, 0.1) is 5.39 Å². The maximum absolute atomic E-state index is 12.6. The van der Waals surface area contributed by atoms with Crippen LogP contribution >= 0.6 is 0 Å². The molecule has 3 aromatic rings. The first-order valence-electron chi connectivity index (χ1n) is 12.2. The number of methoxy groups -OCH3 is 1. The monoisotopic (exact) mass is 446 g/mol. The van der Waals surface area contributed by atoms with Crippen LogP contribution in [0.4, 0.5) is 11.5 Å². The molecule has 0 bridgehead atoms. The number of rotatable bonds is 8. The zero-order valence-electron chi connectivity index (χ0n) is 19.7. The Hall–Kier alpha value is -2.70. The van der Waals surface area contributed by atoms with Crippen molar-refractivity contribution in [2.75, 3.05) is 32.1 Å². The van der Waals surface area contributed by atoms with Gasteiger partial charge < -0.3 is 19.9 Å². The number of anilines is 2. The Kier molecular flexibility index (Phi) is 6.47. The van der Waals surface area contributed by atoms with Crippen LogP contribution in [0.15, 0.2) is 41.3 Å². The number of hydrogen-bond acceptors (Lipinski definition) is 5. The molecular formula is C27H34N4O2. The summed E-state index contributed by atoms with van der Waals surface area (Å²) in [6, 6.07) is 11.4. The lowest BCUT2D eigenvalue weighted by Crippen LogP contribution is -2.34. The fourth-order valence-electron chi connectivity index (χ4n) is 5.25. The van der Waals surface area contributed by atoms with Gasteiger partial charge in [0.1, 0.15) is 5.82 Å². The van der Waals surface area contributed by atoms with E-state index < -0.39 is 0 Å². The van der Waals surface area contributed by atoms with Crippen molar-refractivity contribution in [1.29, 1.82) is 0 Å². The van der Waals surface area contributed by atoms with E-state index in [2.05, 4.69) is 40.3 Å². The van der Waals surface area contributed by atoms with Crippen molar-refractivity contribution in [2.24, 2.45) is 0 Å². The largest absolute Gasteiger partial charge is 0.385 e. The molecule has 33 heavy (non-hydrogen) atoms. The topological polar surface area (TPSA) is 70.2 Å². The fraction of sp³-hybridized carbons (Fsp3) is 0.481. The van der Waals surface area contributed by atoms with Gasteiger partial charge in [-0.3, -0.25) is 4.79 Å². The maximum atomic E-state index is 12.6. The Labute approximate surface area is 195 Å². The van der Waals surface area contributed by atoms with Gasteiger partial charge in [0.2, 0.25) is 0 Å². The number of fused-ring (bicyclic) bond motifs is 1. The minimum Gasteiger partial charge on any atom is -0.385 e. The predicted octanol–water partition coefficient (Wildman–Crippen LogP) is 4.90. The number of aromatic amines is 1. The molecule has 0 radical (unpaired) electrons. The van der Waals surface area contributed by atoms with Crippen molar-refractivity contribution in [2.45, 2.75) is 57.4 Å². The Bertz CT molecular complexity index is 1180. The molecule has 2 N–H and O–H groups in total. The molecule has 0 atom stereocenters. The normalized spacial score (nSPS) is 17.5. The van der Waals surface area contributed by atoms with Gasteiger partial charge in [-0.15, -0.1) is 0 Å². The number of piperidine rings is 1. The van der Waals surface area contributed by atoms with E-state index in [1.54, 1.807) is 13.3 Å². The standard InChI is InChI=1S/C27H34N4O2/c1-18-16-22(5-8-24(18)19-10-13-31(14-11-19)23-6-7-23)30-26-25-20(9-12-28-27(25)32)17-21(29-26)4-3-15-33-2/h5,8-9,12,16-17,19,23H,3-4,6-7,10-11,13-15H2,1-2H3,(H,28,32)(H,29,30).